The van der Waals surface area contributed by atoms with Crippen LogP contribution in [0.5, 0.6) is 0 Å². The lowest BCUT2D eigenvalue weighted by molar-refractivity contribution is -0.124. The fourth-order valence-electron chi connectivity index (χ4n) is 4.70. The van der Waals surface area contributed by atoms with Gasteiger partial charge < -0.3 is 11.5 Å². The van der Waals surface area contributed by atoms with E-state index >= 15 is 0 Å². The Balaban J connectivity index is 0.000000211. The summed E-state index contributed by atoms with van der Waals surface area (Å²) in [6, 6.07) is 16.1. The number of aromatic nitrogens is 2. The van der Waals surface area contributed by atoms with Crippen LogP contribution in [0.1, 0.15) is 38.8 Å². The number of benzene rings is 2. The summed E-state index contributed by atoms with van der Waals surface area (Å²) in [4.78, 5) is 32.6. The first-order chi connectivity index (χ1) is 18.2. The molecule has 4 rings (SSSR count). The highest BCUT2D eigenvalue weighted by molar-refractivity contribution is 5.88. The molecule has 0 radical (unpaired) electrons. The molecule has 0 saturated carbocycles. The molecule has 0 bridgehead atoms. The summed E-state index contributed by atoms with van der Waals surface area (Å²) in [6.07, 6.45) is 8.11. The van der Waals surface area contributed by atoms with Gasteiger partial charge in [-0.05, 0) is 45.9 Å². The first-order valence-corrected chi connectivity index (χ1v) is 13.3. The van der Waals surface area contributed by atoms with Crippen LogP contribution in [0, 0.1) is 23.7 Å². The monoisotopic (exact) mass is 512 g/mol. The van der Waals surface area contributed by atoms with Crippen molar-refractivity contribution in [3.05, 3.63) is 84.4 Å². The zero-order valence-electron chi connectivity index (χ0n) is 22.9. The van der Waals surface area contributed by atoms with Gasteiger partial charge in [-0.25, -0.2) is 0 Å². The highest BCUT2D eigenvalue weighted by Gasteiger charge is 2.21. The number of hydrogen-bond acceptors (Lipinski definition) is 6. The molecule has 0 spiro atoms. The molecular weight excluding hydrogens is 472 g/mol. The average molecular weight is 513 g/mol. The van der Waals surface area contributed by atoms with Crippen LogP contribution in [0.4, 0.5) is 0 Å². The van der Waals surface area contributed by atoms with Crippen molar-refractivity contribution < 1.29 is 9.59 Å². The molecule has 38 heavy (non-hydrogen) atoms. The van der Waals surface area contributed by atoms with E-state index in [9.17, 15) is 9.59 Å². The molecule has 2 atom stereocenters. The minimum absolute atomic E-state index is 0.0480. The van der Waals surface area contributed by atoms with Crippen molar-refractivity contribution in [3.63, 3.8) is 0 Å². The van der Waals surface area contributed by atoms with Crippen molar-refractivity contribution in [2.45, 2.75) is 40.5 Å². The van der Waals surface area contributed by atoms with Crippen LogP contribution in [-0.4, -0.2) is 34.6 Å². The maximum absolute atomic E-state index is 12.2. The van der Waals surface area contributed by atoms with Gasteiger partial charge in [-0.2, -0.15) is 0 Å². The molecule has 2 heterocycles. The highest BCUT2D eigenvalue weighted by Crippen LogP contribution is 2.19. The summed E-state index contributed by atoms with van der Waals surface area (Å²) in [5.74, 6) is 0.947. The van der Waals surface area contributed by atoms with E-state index in [0.717, 1.165) is 32.7 Å². The summed E-state index contributed by atoms with van der Waals surface area (Å²) < 4.78 is 0. The van der Waals surface area contributed by atoms with Crippen LogP contribution in [-0.2, 0) is 22.4 Å². The molecule has 6 nitrogen and oxygen atoms in total. The van der Waals surface area contributed by atoms with Gasteiger partial charge in [-0.3, -0.25) is 19.6 Å². The molecule has 0 aliphatic carbocycles. The minimum atomic E-state index is -0.0480. The van der Waals surface area contributed by atoms with Gasteiger partial charge in [0.2, 0.25) is 0 Å². The SMILES string of the molecule is CC(C)[C@@H](CN)C(=O)Cc1ccc2cnccc2c1.CC(C)[C@H](CN)C(=O)Cc1ccc2cnccc2c1. The summed E-state index contributed by atoms with van der Waals surface area (Å²) in [5, 5.41) is 4.43. The summed E-state index contributed by atoms with van der Waals surface area (Å²) in [6.45, 7) is 9.02. The third-order valence-corrected chi connectivity index (χ3v) is 7.11. The number of carbonyl (C=O) groups is 2. The smallest absolute Gasteiger partial charge is 0.141 e. The van der Waals surface area contributed by atoms with Gasteiger partial charge in [-0.1, -0.05) is 64.1 Å². The predicted octanol–water partition coefficient (Wildman–Crippen LogP) is 5.15. The predicted molar refractivity (Wildman–Crippen MR) is 156 cm³/mol. The van der Waals surface area contributed by atoms with Crippen LogP contribution in [0.25, 0.3) is 21.5 Å². The Kier molecular flexibility index (Phi) is 10.6. The molecule has 0 amide bonds. The molecule has 2 aromatic heterocycles. The molecule has 2 aromatic carbocycles. The molecule has 0 fully saturated rings. The number of nitrogens with two attached hydrogens (primary N) is 2. The van der Waals surface area contributed by atoms with Gasteiger partial charge in [-0.15, -0.1) is 0 Å². The van der Waals surface area contributed by atoms with Crippen molar-refractivity contribution >= 4 is 33.1 Å². The second-order valence-electron chi connectivity index (χ2n) is 10.6. The third-order valence-electron chi connectivity index (χ3n) is 7.11. The Labute approximate surface area is 225 Å². The summed E-state index contributed by atoms with van der Waals surface area (Å²) in [5.41, 5.74) is 13.5. The lowest BCUT2D eigenvalue weighted by Crippen LogP contribution is -2.29. The lowest BCUT2D eigenvalue weighted by Gasteiger charge is -2.17. The molecule has 0 unspecified atom stereocenters. The summed E-state index contributed by atoms with van der Waals surface area (Å²) >= 11 is 0. The Morgan fingerprint density at radius 1 is 0.632 bits per heavy atom. The number of Topliss-reactive ketones (excluding diaryl/α,β-unsaturated/α-hetero) is 2. The largest absolute Gasteiger partial charge is 0.330 e. The van der Waals surface area contributed by atoms with E-state index in [0.29, 0.717) is 37.8 Å². The molecule has 0 saturated heterocycles. The van der Waals surface area contributed by atoms with Crippen molar-refractivity contribution in [1.29, 1.82) is 0 Å². The number of ketones is 2. The van der Waals surface area contributed by atoms with E-state index in [4.69, 9.17) is 11.5 Å². The number of nitrogens with zero attached hydrogens (tertiary/aromatic N) is 2. The molecule has 200 valence electrons. The van der Waals surface area contributed by atoms with E-state index in [2.05, 4.69) is 22.1 Å². The van der Waals surface area contributed by atoms with Crippen LogP contribution >= 0.6 is 0 Å². The summed E-state index contributed by atoms with van der Waals surface area (Å²) in [7, 11) is 0. The van der Waals surface area contributed by atoms with Crippen molar-refractivity contribution in [2.75, 3.05) is 13.1 Å². The fraction of sp³-hybridized carbons (Fsp3) is 0.375. The first-order valence-electron chi connectivity index (χ1n) is 13.3. The maximum Gasteiger partial charge on any atom is 0.141 e. The molecule has 0 aliphatic rings. The Morgan fingerprint density at radius 2 is 1.03 bits per heavy atom. The van der Waals surface area contributed by atoms with Crippen molar-refractivity contribution in [2.24, 2.45) is 35.1 Å². The topological polar surface area (TPSA) is 112 Å². The zero-order chi connectivity index (χ0) is 27.7. The normalized spacial score (nSPS) is 12.8. The molecule has 4 aromatic rings. The number of pyridine rings is 2. The molecular formula is C32H40N4O2. The standard InChI is InChI=1S/2C16H20N2O/c2*1-11(2)15(9-17)16(19)8-12-3-4-14-10-18-6-5-13(14)7-12/h2*3-7,10-11,15H,8-9,17H2,1-2H3/t2*15-/m10/s1. The number of carbonyl (C=O) groups excluding carboxylic acids is 2. The number of fused-ring (bicyclic) bond motifs is 2. The van der Waals surface area contributed by atoms with Gasteiger partial charge in [0.25, 0.3) is 0 Å². The van der Waals surface area contributed by atoms with E-state index in [-0.39, 0.29) is 23.4 Å². The van der Waals surface area contributed by atoms with E-state index in [1.54, 1.807) is 12.4 Å². The Bertz CT molecular complexity index is 1260. The van der Waals surface area contributed by atoms with Crippen LogP contribution in [0.2, 0.25) is 0 Å². The molecule has 0 aliphatic heterocycles. The van der Waals surface area contributed by atoms with Gasteiger partial charge in [0, 0.05) is 73.3 Å². The first kappa shape index (κ1) is 29.1. The minimum Gasteiger partial charge on any atom is -0.330 e. The van der Waals surface area contributed by atoms with Crippen molar-refractivity contribution in [3.8, 4) is 0 Å². The van der Waals surface area contributed by atoms with E-state index in [1.807, 2.05) is 76.5 Å². The van der Waals surface area contributed by atoms with E-state index in [1.165, 1.54) is 0 Å². The Morgan fingerprint density at radius 3 is 1.37 bits per heavy atom. The molecule has 4 N–H and O–H groups in total. The van der Waals surface area contributed by atoms with Crippen molar-refractivity contribution in [1.82, 2.24) is 9.97 Å². The van der Waals surface area contributed by atoms with E-state index < -0.39 is 0 Å². The third kappa shape index (κ3) is 7.76. The van der Waals surface area contributed by atoms with Gasteiger partial charge in [0.15, 0.2) is 0 Å². The van der Waals surface area contributed by atoms with Crippen LogP contribution in [0.3, 0.4) is 0 Å². The fourth-order valence-corrected chi connectivity index (χ4v) is 4.70. The van der Waals surface area contributed by atoms with Gasteiger partial charge in [0.1, 0.15) is 11.6 Å². The van der Waals surface area contributed by atoms with Gasteiger partial charge >= 0.3 is 0 Å². The lowest BCUT2D eigenvalue weighted by atomic mass is 9.88. The quantitative estimate of drug-likeness (QED) is 0.304. The van der Waals surface area contributed by atoms with Gasteiger partial charge in [0.05, 0.1) is 0 Å². The second kappa shape index (κ2) is 13.9. The second-order valence-corrected chi connectivity index (χ2v) is 10.6. The zero-order valence-corrected chi connectivity index (χ0v) is 22.9. The highest BCUT2D eigenvalue weighted by atomic mass is 16.1. The maximum atomic E-state index is 12.2. The Hall–Kier alpha value is -3.48. The molecule has 6 heteroatoms. The number of rotatable bonds is 10. The van der Waals surface area contributed by atoms with Crippen LogP contribution in [0.15, 0.2) is 73.3 Å². The van der Waals surface area contributed by atoms with Crippen LogP contribution < -0.4 is 11.5 Å². The average Bonchev–Trinajstić information content (AvgIpc) is 2.89. The number of hydrogen-bond donors (Lipinski definition) is 2.